The summed E-state index contributed by atoms with van der Waals surface area (Å²) < 4.78 is 1.57. The monoisotopic (exact) mass is 355 g/mol. The van der Waals surface area contributed by atoms with E-state index < -0.39 is 0 Å². The lowest BCUT2D eigenvalue weighted by Crippen LogP contribution is -2.35. The number of aromatic nitrogens is 2. The van der Waals surface area contributed by atoms with Crippen LogP contribution in [0.2, 0.25) is 5.02 Å². The molecule has 0 saturated carbocycles. The van der Waals surface area contributed by atoms with Crippen LogP contribution < -0.4 is 5.69 Å². The Morgan fingerprint density at radius 3 is 2.44 bits per heavy atom. The minimum absolute atomic E-state index is 0.0561. The number of imidazole rings is 1. The molecule has 0 aliphatic carbocycles. The number of H-pyrrole nitrogens is 1. The van der Waals surface area contributed by atoms with Crippen LogP contribution in [0.4, 0.5) is 0 Å². The summed E-state index contributed by atoms with van der Waals surface area (Å²) in [4.78, 5) is 29.6. The van der Waals surface area contributed by atoms with E-state index in [-0.39, 0.29) is 11.6 Å². The van der Waals surface area contributed by atoms with Gasteiger partial charge in [-0.2, -0.15) is 0 Å². The van der Waals surface area contributed by atoms with Crippen molar-refractivity contribution in [3.05, 3.63) is 63.5 Å². The third-order valence-corrected chi connectivity index (χ3v) is 4.90. The predicted molar refractivity (Wildman–Crippen MR) is 98.7 cm³/mol. The molecule has 1 N–H and O–H groups in total. The molecule has 0 atom stereocenters. The number of piperidine rings is 1. The second-order valence-corrected chi connectivity index (χ2v) is 6.76. The van der Waals surface area contributed by atoms with E-state index in [1.165, 1.54) is 6.42 Å². The number of hydrogen-bond donors (Lipinski definition) is 1. The van der Waals surface area contributed by atoms with Gasteiger partial charge < -0.3 is 9.88 Å². The van der Waals surface area contributed by atoms with Gasteiger partial charge in [0.15, 0.2) is 0 Å². The quantitative estimate of drug-likeness (QED) is 0.763. The van der Waals surface area contributed by atoms with Crippen LogP contribution in [0, 0.1) is 0 Å². The van der Waals surface area contributed by atoms with Crippen molar-refractivity contribution in [3.8, 4) is 5.69 Å². The first-order valence-corrected chi connectivity index (χ1v) is 8.81. The summed E-state index contributed by atoms with van der Waals surface area (Å²) >= 11 is 6.06. The maximum Gasteiger partial charge on any atom is 0.331 e. The topological polar surface area (TPSA) is 58.1 Å². The fourth-order valence-corrected chi connectivity index (χ4v) is 3.53. The number of halogens is 1. The van der Waals surface area contributed by atoms with E-state index in [1.807, 2.05) is 4.90 Å². The smallest absolute Gasteiger partial charge is 0.331 e. The van der Waals surface area contributed by atoms with Gasteiger partial charge in [0.2, 0.25) is 0 Å². The molecule has 1 fully saturated rings. The first-order valence-electron chi connectivity index (χ1n) is 8.43. The van der Waals surface area contributed by atoms with Gasteiger partial charge in [0, 0.05) is 23.7 Å². The number of benzene rings is 2. The Hall–Kier alpha value is -2.53. The lowest BCUT2D eigenvalue weighted by molar-refractivity contribution is 0.0724. The molecule has 2 aromatic carbocycles. The molecule has 25 heavy (non-hydrogen) atoms. The molecule has 1 amide bonds. The Labute approximate surface area is 149 Å². The number of amides is 1. The van der Waals surface area contributed by atoms with E-state index in [1.54, 1.807) is 47.0 Å². The fourth-order valence-electron chi connectivity index (χ4n) is 3.36. The van der Waals surface area contributed by atoms with Crippen LogP contribution in [0.1, 0.15) is 29.6 Å². The van der Waals surface area contributed by atoms with E-state index in [0.29, 0.717) is 21.8 Å². The van der Waals surface area contributed by atoms with Crippen LogP contribution in [0.5, 0.6) is 0 Å². The van der Waals surface area contributed by atoms with Crippen molar-refractivity contribution < 1.29 is 4.79 Å². The van der Waals surface area contributed by atoms with Crippen LogP contribution in [-0.4, -0.2) is 33.4 Å². The Morgan fingerprint density at radius 2 is 1.72 bits per heavy atom. The largest absolute Gasteiger partial charge is 0.339 e. The van der Waals surface area contributed by atoms with E-state index >= 15 is 0 Å². The molecule has 0 unspecified atom stereocenters. The summed E-state index contributed by atoms with van der Waals surface area (Å²) in [6, 6.07) is 12.4. The zero-order valence-corrected chi connectivity index (χ0v) is 14.4. The summed E-state index contributed by atoms with van der Waals surface area (Å²) in [6.45, 7) is 1.64. The first kappa shape index (κ1) is 16.0. The summed E-state index contributed by atoms with van der Waals surface area (Å²) in [6.07, 6.45) is 3.32. The minimum Gasteiger partial charge on any atom is -0.339 e. The Morgan fingerprint density at radius 1 is 1.00 bits per heavy atom. The average molecular weight is 356 g/mol. The number of hydrogen-bond acceptors (Lipinski definition) is 2. The van der Waals surface area contributed by atoms with Crippen molar-refractivity contribution >= 4 is 28.5 Å². The fraction of sp³-hybridized carbons (Fsp3) is 0.263. The highest BCUT2D eigenvalue weighted by Gasteiger charge is 2.18. The normalized spacial score (nSPS) is 14.8. The SMILES string of the molecule is O=C(c1ccc(-n2c(=O)[nH]c3ccc(Cl)cc32)cc1)N1CCCCC1. The van der Waals surface area contributed by atoms with E-state index in [4.69, 9.17) is 11.6 Å². The summed E-state index contributed by atoms with van der Waals surface area (Å²) in [5, 5.41) is 0.567. The van der Waals surface area contributed by atoms with Gasteiger partial charge in [-0.15, -0.1) is 0 Å². The van der Waals surface area contributed by atoms with Crippen LogP contribution in [0.25, 0.3) is 16.7 Å². The number of aromatic amines is 1. The molecule has 128 valence electrons. The molecule has 6 heteroatoms. The highest BCUT2D eigenvalue weighted by molar-refractivity contribution is 6.31. The number of likely N-dealkylation sites (tertiary alicyclic amines) is 1. The van der Waals surface area contributed by atoms with Crippen LogP contribution in [0.3, 0.4) is 0 Å². The van der Waals surface area contributed by atoms with E-state index in [9.17, 15) is 9.59 Å². The molecule has 0 bridgehead atoms. The lowest BCUT2D eigenvalue weighted by Gasteiger charge is -2.26. The van der Waals surface area contributed by atoms with Crippen LogP contribution >= 0.6 is 11.6 Å². The predicted octanol–water partition coefficient (Wildman–Crippen LogP) is 3.60. The van der Waals surface area contributed by atoms with Crippen molar-refractivity contribution in [1.82, 2.24) is 14.5 Å². The highest BCUT2D eigenvalue weighted by Crippen LogP contribution is 2.21. The van der Waals surface area contributed by atoms with Crippen molar-refractivity contribution in [2.24, 2.45) is 0 Å². The average Bonchev–Trinajstić information content (AvgIpc) is 2.97. The molecule has 4 rings (SSSR count). The number of nitrogens with one attached hydrogen (secondary N) is 1. The molecule has 5 nitrogen and oxygen atoms in total. The Bertz CT molecular complexity index is 982. The second-order valence-electron chi connectivity index (χ2n) is 6.33. The van der Waals surface area contributed by atoms with Gasteiger partial charge in [0.1, 0.15) is 0 Å². The number of nitrogens with zero attached hydrogens (tertiary/aromatic N) is 2. The highest BCUT2D eigenvalue weighted by atomic mass is 35.5. The Balaban J connectivity index is 1.69. The van der Waals surface area contributed by atoms with Crippen molar-refractivity contribution in [1.29, 1.82) is 0 Å². The second kappa shape index (κ2) is 6.41. The molecular weight excluding hydrogens is 338 g/mol. The summed E-state index contributed by atoms with van der Waals surface area (Å²) in [5.41, 5.74) is 2.56. The Kier molecular flexibility index (Phi) is 4.09. The van der Waals surface area contributed by atoms with Crippen LogP contribution in [0.15, 0.2) is 47.3 Å². The van der Waals surface area contributed by atoms with Gasteiger partial charge in [0.25, 0.3) is 5.91 Å². The van der Waals surface area contributed by atoms with Gasteiger partial charge in [-0.1, -0.05) is 11.6 Å². The third-order valence-electron chi connectivity index (χ3n) is 4.66. The first-order chi connectivity index (χ1) is 12.1. The van der Waals surface area contributed by atoms with E-state index in [2.05, 4.69) is 4.98 Å². The minimum atomic E-state index is -0.229. The van der Waals surface area contributed by atoms with Gasteiger partial charge in [0.05, 0.1) is 16.7 Å². The molecular formula is C19H18ClN3O2. The van der Waals surface area contributed by atoms with Gasteiger partial charge in [-0.3, -0.25) is 9.36 Å². The van der Waals surface area contributed by atoms with Gasteiger partial charge >= 0.3 is 5.69 Å². The summed E-state index contributed by atoms with van der Waals surface area (Å²) in [5.74, 6) is 0.0561. The number of fused-ring (bicyclic) bond motifs is 1. The zero-order chi connectivity index (χ0) is 17.4. The maximum absolute atomic E-state index is 12.6. The molecule has 2 heterocycles. The molecule has 3 aromatic rings. The van der Waals surface area contributed by atoms with Gasteiger partial charge in [-0.25, -0.2) is 4.79 Å². The molecule has 1 aliphatic rings. The zero-order valence-electron chi connectivity index (χ0n) is 13.7. The van der Waals surface area contributed by atoms with E-state index in [0.717, 1.165) is 31.4 Å². The summed E-state index contributed by atoms with van der Waals surface area (Å²) in [7, 11) is 0. The van der Waals surface area contributed by atoms with Crippen LogP contribution in [-0.2, 0) is 0 Å². The van der Waals surface area contributed by atoms with Gasteiger partial charge in [-0.05, 0) is 61.7 Å². The number of carbonyl (C=O) groups excluding carboxylic acids is 1. The third kappa shape index (κ3) is 2.96. The van der Waals surface area contributed by atoms with Crippen molar-refractivity contribution in [2.45, 2.75) is 19.3 Å². The van der Waals surface area contributed by atoms with Crippen molar-refractivity contribution in [3.63, 3.8) is 0 Å². The molecule has 1 aliphatic heterocycles. The molecule has 0 spiro atoms. The maximum atomic E-state index is 12.6. The number of carbonyl (C=O) groups is 1. The molecule has 1 aromatic heterocycles. The van der Waals surface area contributed by atoms with Crippen molar-refractivity contribution in [2.75, 3.05) is 13.1 Å². The molecule has 1 saturated heterocycles. The molecule has 0 radical (unpaired) electrons. The standard InChI is InChI=1S/C19H18ClN3O2/c20-14-6-9-16-17(12-14)23(19(25)21-16)15-7-4-13(5-8-15)18(24)22-10-2-1-3-11-22/h4-9,12H,1-3,10-11H2,(H,21,25). The number of rotatable bonds is 2. The lowest BCUT2D eigenvalue weighted by atomic mass is 10.1.